The van der Waals surface area contributed by atoms with Crippen molar-refractivity contribution >= 4 is 56.2 Å². The van der Waals surface area contributed by atoms with Gasteiger partial charge in [0.15, 0.2) is 0 Å². The van der Waals surface area contributed by atoms with Crippen molar-refractivity contribution in [3.63, 3.8) is 0 Å². The highest BCUT2D eigenvalue weighted by Gasteiger charge is 2.22. The molecular weight excluding hydrogens is 571 g/mol. The molecule has 3 heteroatoms. The van der Waals surface area contributed by atoms with Gasteiger partial charge >= 0.3 is 0 Å². The van der Waals surface area contributed by atoms with Crippen molar-refractivity contribution in [3.8, 4) is 22.5 Å². The van der Waals surface area contributed by atoms with E-state index in [0.29, 0.717) is 0 Å². The minimum atomic E-state index is 0.874. The molecule has 3 heterocycles. The molecule has 9 rings (SSSR count). The summed E-state index contributed by atoms with van der Waals surface area (Å²) in [6.07, 6.45) is 4.60. The van der Waals surface area contributed by atoms with E-state index in [9.17, 15) is 0 Å². The van der Waals surface area contributed by atoms with Gasteiger partial charge in [0.05, 0.1) is 16.6 Å². The van der Waals surface area contributed by atoms with Crippen LogP contribution in [0, 0.1) is 13.8 Å². The third kappa shape index (κ3) is 4.20. The number of rotatable bonds is 4. The van der Waals surface area contributed by atoms with Crippen molar-refractivity contribution in [2.45, 2.75) is 20.8 Å². The van der Waals surface area contributed by atoms with E-state index in [1.165, 1.54) is 89.0 Å². The number of hydrogen-bond acceptors (Lipinski definition) is 1. The average Bonchev–Trinajstić information content (AvgIpc) is 3.51. The molecule has 3 nitrogen and oxygen atoms in total. The molecule has 0 spiro atoms. The Balaban J connectivity index is 1.19. The first-order chi connectivity index (χ1) is 23.1. The SMILES string of the molecule is CCN1c2ccc(-c3ccc4c(C)c(C)n(-c5ccccc5)c4c3)cc2C=Cc2cc3c(cc21)c1ccccc1n3-c1ccccc1. The highest BCUT2D eigenvalue weighted by Crippen LogP contribution is 2.43. The Morgan fingerprint density at radius 2 is 1.09 bits per heavy atom. The van der Waals surface area contributed by atoms with Crippen LogP contribution in [0.1, 0.15) is 29.3 Å². The van der Waals surface area contributed by atoms with Gasteiger partial charge in [-0.05, 0) is 104 Å². The Morgan fingerprint density at radius 3 is 1.83 bits per heavy atom. The zero-order chi connectivity index (χ0) is 31.6. The minimum absolute atomic E-state index is 0.874. The van der Waals surface area contributed by atoms with Crippen LogP contribution in [0.15, 0.2) is 133 Å². The molecule has 0 fully saturated rings. The van der Waals surface area contributed by atoms with Crippen molar-refractivity contribution < 1.29 is 0 Å². The van der Waals surface area contributed by atoms with E-state index in [-0.39, 0.29) is 0 Å². The maximum Gasteiger partial charge on any atom is 0.0548 e. The summed E-state index contributed by atoms with van der Waals surface area (Å²) < 4.78 is 4.79. The molecule has 0 N–H and O–H groups in total. The van der Waals surface area contributed by atoms with Crippen molar-refractivity contribution in [1.82, 2.24) is 9.13 Å². The molecule has 0 saturated heterocycles. The fourth-order valence-corrected chi connectivity index (χ4v) is 7.67. The maximum atomic E-state index is 2.47. The topological polar surface area (TPSA) is 13.1 Å². The number of aromatic nitrogens is 2. The summed E-state index contributed by atoms with van der Waals surface area (Å²) in [4.78, 5) is 2.47. The van der Waals surface area contributed by atoms with E-state index in [2.05, 4.69) is 180 Å². The van der Waals surface area contributed by atoms with E-state index < -0.39 is 0 Å². The van der Waals surface area contributed by atoms with Gasteiger partial charge in [-0.15, -0.1) is 0 Å². The van der Waals surface area contributed by atoms with Crippen molar-refractivity contribution in [2.24, 2.45) is 0 Å². The van der Waals surface area contributed by atoms with Crippen LogP contribution in [0.5, 0.6) is 0 Å². The second kappa shape index (κ2) is 10.6. The molecule has 8 aromatic rings. The lowest BCUT2D eigenvalue weighted by Gasteiger charge is -2.26. The number of anilines is 2. The Kier molecular flexibility index (Phi) is 6.23. The monoisotopic (exact) mass is 605 g/mol. The quantitative estimate of drug-likeness (QED) is 0.194. The van der Waals surface area contributed by atoms with Crippen molar-refractivity contribution in [2.75, 3.05) is 11.4 Å². The van der Waals surface area contributed by atoms with Crippen LogP contribution >= 0.6 is 0 Å². The standard InChI is InChI=1S/C44H35N3/c1-4-45-40-24-22-31(32-21-23-37-29(2)30(3)46(43(37)26-32)35-13-7-5-8-14-35)25-33(40)19-20-34-27-44-39(28-42(34)45)38-17-11-12-18-41(38)47(44)36-15-9-6-10-16-36/h5-28H,4H2,1-3H3. The normalized spacial score (nSPS) is 12.5. The number of para-hydroxylation sites is 3. The number of benzene rings is 6. The molecule has 0 atom stereocenters. The van der Waals surface area contributed by atoms with Gasteiger partial charge in [-0.25, -0.2) is 0 Å². The van der Waals surface area contributed by atoms with E-state index >= 15 is 0 Å². The second-order valence-electron chi connectivity index (χ2n) is 12.6. The second-order valence-corrected chi connectivity index (χ2v) is 12.6. The molecule has 0 amide bonds. The van der Waals surface area contributed by atoms with Gasteiger partial charge in [-0.2, -0.15) is 0 Å². The molecule has 0 radical (unpaired) electrons. The van der Waals surface area contributed by atoms with Gasteiger partial charge < -0.3 is 14.0 Å². The van der Waals surface area contributed by atoms with Crippen LogP contribution in [0.4, 0.5) is 11.4 Å². The fraction of sp³-hybridized carbons (Fsp3) is 0.0909. The lowest BCUT2D eigenvalue weighted by molar-refractivity contribution is 1.02. The molecule has 6 aromatic carbocycles. The molecule has 226 valence electrons. The third-order valence-corrected chi connectivity index (χ3v) is 10.1. The summed E-state index contributed by atoms with van der Waals surface area (Å²) in [7, 11) is 0. The summed E-state index contributed by atoms with van der Waals surface area (Å²) in [6, 6.07) is 48.8. The van der Waals surface area contributed by atoms with Crippen molar-refractivity contribution in [1.29, 1.82) is 0 Å². The largest absolute Gasteiger partial charge is 0.341 e. The molecule has 0 unspecified atom stereocenters. The van der Waals surface area contributed by atoms with Gasteiger partial charge in [0.25, 0.3) is 0 Å². The van der Waals surface area contributed by atoms with E-state index in [0.717, 1.165) is 6.54 Å². The lowest BCUT2D eigenvalue weighted by atomic mass is 9.99. The predicted molar refractivity (Wildman–Crippen MR) is 201 cm³/mol. The summed E-state index contributed by atoms with van der Waals surface area (Å²) in [5.74, 6) is 0. The molecule has 0 saturated carbocycles. The Morgan fingerprint density at radius 1 is 0.468 bits per heavy atom. The van der Waals surface area contributed by atoms with Gasteiger partial charge in [0.2, 0.25) is 0 Å². The van der Waals surface area contributed by atoms with Crippen LogP contribution in [-0.2, 0) is 0 Å². The van der Waals surface area contributed by atoms with Gasteiger partial charge in [0, 0.05) is 56.7 Å². The zero-order valence-electron chi connectivity index (χ0n) is 26.9. The zero-order valence-corrected chi connectivity index (χ0v) is 26.9. The predicted octanol–water partition coefficient (Wildman–Crippen LogP) is 11.7. The molecule has 1 aliphatic rings. The minimum Gasteiger partial charge on any atom is -0.341 e. The summed E-state index contributed by atoms with van der Waals surface area (Å²) in [5, 5.41) is 3.85. The highest BCUT2D eigenvalue weighted by molar-refractivity contribution is 6.12. The summed E-state index contributed by atoms with van der Waals surface area (Å²) in [5.41, 5.74) is 16.1. The van der Waals surface area contributed by atoms with Crippen LogP contribution in [0.25, 0.3) is 67.4 Å². The average molecular weight is 606 g/mol. The third-order valence-electron chi connectivity index (χ3n) is 10.1. The van der Waals surface area contributed by atoms with Gasteiger partial charge in [-0.1, -0.05) is 84.9 Å². The first-order valence-electron chi connectivity index (χ1n) is 16.5. The number of nitrogens with zero attached hydrogens (tertiary/aromatic N) is 3. The molecule has 0 bridgehead atoms. The Bertz CT molecular complexity index is 2510. The number of hydrogen-bond donors (Lipinski definition) is 0. The molecule has 2 aromatic heterocycles. The first kappa shape index (κ1) is 27.5. The lowest BCUT2D eigenvalue weighted by Crippen LogP contribution is -2.17. The highest BCUT2D eigenvalue weighted by atomic mass is 15.1. The molecular formula is C44H35N3. The van der Waals surface area contributed by atoms with E-state index in [4.69, 9.17) is 0 Å². The van der Waals surface area contributed by atoms with E-state index in [1.54, 1.807) is 0 Å². The smallest absolute Gasteiger partial charge is 0.0548 e. The van der Waals surface area contributed by atoms with Crippen LogP contribution in [-0.4, -0.2) is 15.7 Å². The van der Waals surface area contributed by atoms with Gasteiger partial charge in [0.1, 0.15) is 0 Å². The first-order valence-corrected chi connectivity index (χ1v) is 16.5. The van der Waals surface area contributed by atoms with E-state index in [1.807, 2.05) is 0 Å². The number of aryl methyl sites for hydroxylation is 1. The van der Waals surface area contributed by atoms with Crippen LogP contribution in [0.2, 0.25) is 0 Å². The Labute approximate surface area is 275 Å². The molecule has 47 heavy (non-hydrogen) atoms. The maximum absolute atomic E-state index is 2.47. The summed E-state index contributed by atoms with van der Waals surface area (Å²) >= 11 is 0. The number of fused-ring (bicyclic) bond motifs is 6. The van der Waals surface area contributed by atoms with Crippen molar-refractivity contribution in [3.05, 3.63) is 156 Å². The van der Waals surface area contributed by atoms with Gasteiger partial charge in [-0.3, -0.25) is 0 Å². The van der Waals surface area contributed by atoms with Crippen LogP contribution < -0.4 is 4.90 Å². The molecule has 0 aliphatic carbocycles. The summed E-state index contributed by atoms with van der Waals surface area (Å²) in [6.45, 7) is 7.58. The van der Waals surface area contributed by atoms with Crippen LogP contribution in [0.3, 0.4) is 0 Å². The Hall–Kier alpha value is -5.80. The fourth-order valence-electron chi connectivity index (χ4n) is 7.67. The molecule has 1 aliphatic heterocycles.